The summed E-state index contributed by atoms with van der Waals surface area (Å²) in [6.07, 6.45) is 2.28. The molecule has 2 aromatic rings. The molecule has 5 heteroatoms. The van der Waals surface area contributed by atoms with Gasteiger partial charge in [-0.1, -0.05) is 18.2 Å². The van der Waals surface area contributed by atoms with E-state index in [1.165, 1.54) is 0 Å². The highest BCUT2D eigenvalue weighted by Crippen LogP contribution is 2.18. The summed E-state index contributed by atoms with van der Waals surface area (Å²) in [7, 11) is 1.87. The number of rotatable bonds is 3. The summed E-state index contributed by atoms with van der Waals surface area (Å²) in [5.41, 5.74) is 1.43. The van der Waals surface area contributed by atoms with E-state index in [9.17, 15) is 4.79 Å². The van der Waals surface area contributed by atoms with E-state index in [-0.39, 0.29) is 5.91 Å². The number of benzene rings is 1. The summed E-state index contributed by atoms with van der Waals surface area (Å²) in [5.74, 6) is 0.594. The highest BCUT2D eigenvalue weighted by Gasteiger charge is 2.21. The molecule has 0 spiro atoms. The standard InChI is InChI=1S/C15H20N4O/c1-19(10-11-6-8-16-9-7-11)15(20)14-12-4-2-3-5-13(12)17-18-14/h2-5,11,16H,6-10H2,1H3,(H,17,18). The number of hydrogen-bond donors (Lipinski definition) is 2. The van der Waals surface area contributed by atoms with Crippen molar-refractivity contribution in [3.05, 3.63) is 30.0 Å². The third kappa shape index (κ3) is 2.54. The van der Waals surface area contributed by atoms with E-state index in [1.54, 1.807) is 4.90 Å². The van der Waals surface area contributed by atoms with Crippen molar-refractivity contribution in [1.82, 2.24) is 20.4 Å². The largest absolute Gasteiger partial charge is 0.340 e. The average Bonchev–Trinajstić information content (AvgIpc) is 2.91. The molecule has 1 aliphatic heterocycles. The number of H-pyrrole nitrogens is 1. The van der Waals surface area contributed by atoms with Crippen molar-refractivity contribution in [2.24, 2.45) is 5.92 Å². The minimum absolute atomic E-state index is 0.000910. The molecule has 0 bridgehead atoms. The molecule has 1 amide bonds. The molecule has 0 atom stereocenters. The van der Waals surface area contributed by atoms with Gasteiger partial charge >= 0.3 is 0 Å². The Hall–Kier alpha value is -1.88. The molecule has 0 aliphatic carbocycles. The summed E-state index contributed by atoms with van der Waals surface area (Å²) in [4.78, 5) is 14.3. The minimum atomic E-state index is 0.000910. The molecule has 106 valence electrons. The Bertz CT molecular complexity index is 601. The van der Waals surface area contributed by atoms with E-state index >= 15 is 0 Å². The zero-order valence-electron chi connectivity index (χ0n) is 11.7. The lowest BCUT2D eigenvalue weighted by molar-refractivity contribution is 0.0759. The second-order valence-electron chi connectivity index (χ2n) is 5.50. The van der Waals surface area contributed by atoms with Gasteiger partial charge in [-0.3, -0.25) is 9.89 Å². The van der Waals surface area contributed by atoms with Crippen molar-refractivity contribution in [2.45, 2.75) is 12.8 Å². The van der Waals surface area contributed by atoms with Crippen molar-refractivity contribution < 1.29 is 4.79 Å². The van der Waals surface area contributed by atoms with Gasteiger partial charge < -0.3 is 10.2 Å². The Labute approximate surface area is 118 Å². The van der Waals surface area contributed by atoms with E-state index < -0.39 is 0 Å². The normalized spacial score (nSPS) is 16.4. The quantitative estimate of drug-likeness (QED) is 0.893. The molecule has 1 fully saturated rings. The van der Waals surface area contributed by atoms with E-state index in [4.69, 9.17) is 0 Å². The predicted molar refractivity (Wildman–Crippen MR) is 78.6 cm³/mol. The van der Waals surface area contributed by atoms with Crippen molar-refractivity contribution in [1.29, 1.82) is 0 Å². The first-order valence-corrected chi connectivity index (χ1v) is 7.15. The number of nitrogens with one attached hydrogen (secondary N) is 2. The van der Waals surface area contributed by atoms with Crippen molar-refractivity contribution in [3.8, 4) is 0 Å². The Morgan fingerprint density at radius 1 is 1.35 bits per heavy atom. The highest BCUT2D eigenvalue weighted by atomic mass is 16.2. The van der Waals surface area contributed by atoms with Crippen LogP contribution in [0.25, 0.3) is 10.9 Å². The summed E-state index contributed by atoms with van der Waals surface area (Å²) in [5, 5.41) is 11.3. The van der Waals surface area contributed by atoms with Crippen LogP contribution < -0.4 is 5.32 Å². The zero-order valence-corrected chi connectivity index (χ0v) is 11.7. The molecule has 0 unspecified atom stereocenters. The summed E-state index contributed by atoms with van der Waals surface area (Å²) < 4.78 is 0. The fraction of sp³-hybridized carbons (Fsp3) is 0.467. The number of amides is 1. The van der Waals surface area contributed by atoms with E-state index in [1.807, 2.05) is 31.3 Å². The fourth-order valence-electron chi connectivity index (χ4n) is 2.84. The number of aromatic nitrogens is 2. The van der Waals surface area contributed by atoms with Gasteiger partial charge in [0.1, 0.15) is 0 Å². The van der Waals surface area contributed by atoms with Crippen LogP contribution in [-0.2, 0) is 0 Å². The smallest absolute Gasteiger partial charge is 0.274 e. The Morgan fingerprint density at radius 2 is 2.10 bits per heavy atom. The lowest BCUT2D eigenvalue weighted by Crippen LogP contribution is -2.37. The Kier molecular flexibility index (Phi) is 3.69. The number of nitrogens with zero attached hydrogens (tertiary/aromatic N) is 2. The van der Waals surface area contributed by atoms with Crippen LogP contribution in [0, 0.1) is 5.92 Å². The lowest BCUT2D eigenvalue weighted by atomic mass is 9.97. The van der Waals surface area contributed by atoms with Crippen molar-refractivity contribution in [3.63, 3.8) is 0 Å². The van der Waals surface area contributed by atoms with Crippen LogP contribution in [0.5, 0.6) is 0 Å². The number of fused-ring (bicyclic) bond motifs is 1. The van der Waals surface area contributed by atoms with Gasteiger partial charge in [0.05, 0.1) is 5.52 Å². The van der Waals surface area contributed by atoms with Crippen LogP contribution in [-0.4, -0.2) is 47.7 Å². The van der Waals surface area contributed by atoms with Crippen molar-refractivity contribution in [2.75, 3.05) is 26.7 Å². The summed E-state index contributed by atoms with van der Waals surface area (Å²) in [6.45, 7) is 2.91. The maximum absolute atomic E-state index is 12.5. The van der Waals surface area contributed by atoms with Gasteiger partial charge in [0.15, 0.2) is 5.69 Å². The molecule has 5 nitrogen and oxygen atoms in total. The molecule has 3 rings (SSSR count). The lowest BCUT2D eigenvalue weighted by Gasteiger charge is -2.27. The molecule has 0 saturated carbocycles. The average molecular weight is 272 g/mol. The molecule has 2 heterocycles. The fourth-order valence-corrected chi connectivity index (χ4v) is 2.84. The van der Waals surface area contributed by atoms with Gasteiger partial charge in [-0.2, -0.15) is 5.10 Å². The van der Waals surface area contributed by atoms with Gasteiger partial charge in [-0.05, 0) is 37.9 Å². The van der Waals surface area contributed by atoms with Crippen LogP contribution >= 0.6 is 0 Å². The molecular weight excluding hydrogens is 252 g/mol. The van der Waals surface area contributed by atoms with E-state index in [0.29, 0.717) is 11.6 Å². The number of carbonyl (C=O) groups excluding carboxylic acids is 1. The summed E-state index contributed by atoms with van der Waals surface area (Å²) in [6, 6.07) is 7.74. The first kappa shape index (κ1) is 13.1. The molecule has 20 heavy (non-hydrogen) atoms. The van der Waals surface area contributed by atoms with Crippen LogP contribution in [0.1, 0.15) is 23.3 Å². The van der Waals surface area contributed by atoms with E-state index in [2.05, 4.69) is 15.5 Å². The second-order valence-corrected chi connectivity index (χ2v) is 5.50. The van der Waals surface area contributed by atoms with E-state index in [0.717, 1.165) is 43.4 Å². The molecule has 1 aromatic carbocycles. The number of para-hydroxylation sites is 1. The number of carbonyl (C=O) groups is 1. The second kappa shape index (κ2) is 5.63. The summed E-state index contributed by atoms with van der Waals surface area (Å²) >= 11 is 0. The first-order chi connectivity index (χ1) is 9.75. The molecule has 1 saturated heterocycles. The minimum Gasteiger partial charge on any atom is -0.340 e. The zero-order chi connectivity index (χ0) is 13.9. The maximum Gasteiger partial charge on any atom is 0.274 e. The van der Waals surface area contributed by atoms with Crippen LogP contribution in [0.3, 0.4) is 0 Å². The third-order valence-electron chi connectivity index (χ3n) is 4.01. The topological polar surface area (TPSA) is 61.0 Å². The molecule has 1 aromatic heterocycles. The van der Waals surface area contributed by atoms with Gasteiger partial charge in [0.2, 0.25) is 0 Å². The molecule has 2 N–H and O–H groups in total. The number of aromatic amines is 1. The van der Waals surface area contributed by atoms with Gasteiger partial charge in [-0.15, -0.1) is 0 Å². The van der Waals surface area contributed by atoms with Gasteiger partial charge in [0, 0.05) is 19.0 Å². The van der Waals surface area contributed by atoms with Crippen LogP contribution in [0.2, 0.25) is 0 Å². The molecule has 0 radical (unpaired) electrons. The monoisotopic (exact) mass is 272 g/mol. The molecule has 1 aliphatic rings. The van der Waals surface area contributed by atoms with Gasteiger partial charge in [0.25, 0.3) is 5.91 Å². The highest BCUT2D eigenvalue weighted by molar-refractivity contribution is 6.04. The number of piperidine rings is 1. The Balaban J connectivity index is 1.74. The van der Waals surface area contributed by atoms with Crippen LogP contribution in [0.15, 0.2) is 24.3 Å². The number of hydrogen-bond acceptors (Lipinski definition) is 3. The van der Waals surface area contributed by atoms with Crippen LogP contribution in [0.4, 0.5) is 0 Å². The maximum atomic E-state index is 12.5. The van der Waals surface area contributed by atoms with Gasteiger partial charge in [-0.25, -0.2) is 0 Å². The Morgan fingerprint density at radius 3 is 2.90 bits per heavy atom. The predicted octanol–water partition coefficient (Wildman–Crippen LogP) is 1.63. The third-order valence-corrected chi connectivity index (χ3v) is 4.01. The first-order valence-electron chi connectivity index (χ1n) is 7.15. The van der Waals surface area contributed by atoms with Crippen molar-refractivity contribution >= 4 is 16.8 Å². The molecular formula is C15H20N4O. The SMILES string of the molecule is CN(CC1CCNCC1)C(=O)c1n[nH]c2ccccc12.